The smallest absolute Gasteiger partial charge is 0.271 e. The maximum Gasteiger partial charge on any atom is 0.271 e. The van der Waals surface area contributed by atoms with Gasteiger partial charge >= 0.3 is 0 Å². The van der Waals surface area contributed by atoms with Gasteiger partial charge in [0.25, 0.3) is 5.91 Å². The van der Waals surface area contributed by atoms with Crippen molar-refractivity contribution in [3.63, 3.8) is 0 Å². The molecule has 3 heterocycles. The van der Waals surface area contributed by atoms with Gasteiger partial charge in [0.15, 0.2) is 0 Å². The zero-order valence-corrected chi connectivity index (χ0v) is 20.4. The Morgan fingerprint density at radius 1 is 1.18 bits per heavy atom. The van der Waals surface area contributed by atoms with Crippen LogP contribution in [0, 0.1) is 0 Å². The molecule has 1 aromatic carbocycles. The molecule has 6 heteroatoms. The predicted octanol–water partition coefficient (Wildman–Crippen LogP) is 5.39. The number of thiophene rings is 1. The Morgan fingerprint density at radius 3 is 2.70 bits per heavy atom. The Balaban J connectivity index is 1.46. The van der Waals surface area contributed by atoms with Gasteiger partial charge in [-0.1, -0.05) is 49.6 Å². The molecule has 2 aliphatic rings. The Kier molecular flexibility index (Phi) is 6.04. The van der Waals surface area contributed by atoms with Crippen LogP contribution in [0.1, 0.15) is 68.4 Å². The lowest BCUT2D eigenvalue weighted by atomic mass is 9.89. The average Bonchev–Trinajstić information content (AvgIpc) is 3.42. The first kappa shape index (κ1) is 22.2. The number of amides is 2. The van der Waals surface area contributed by atoms with Crippen molar-refractivity contribution in [2.45, 2.75) is 83.0 Å². The molecular formula is C27H33N3O2S. The maximum absolute atomic E-state index is 13.9. The lowest BCUT2D eigenvalue weighted by molar-refractivity contribution is -0.135. The summed E-state index contributed by atoms with van der Waals surface area (Å²) in [6.07, 6.45) is 7.32. The number of fused-ring (bicyclic) bond motifs is 3. The molecule has 2 aromatic heterocycles. The molecule has 3 aromatic rings. The summed E-state index contributed by atoms with van der Waals surface area (Å²) >= 11 is 1.64. The van der Waals surface area contributed by atoms with E-state index in [1.54, 1.807) is 11.3 Å². The van der Waals surface area contributed by atoms with Crippen LogP contribution >= 0.6 is 11.3 Å². The first-order valence-corrected chi connectivity index (χ1v) is 13.1. The summed E-state index contributed by atoms with van der Waals surface area (Å²) < 4.78 is 3.17. The van der Waals surface area contributed by atoms with E-state index >= 15 is 0 Å². The van der Waals surface area contributed by atoms with Gasteiger partial charge in [0.2, 0.25) is 5.91 Å². The van der Waals surface area contributed by atoms with E-state index in [1.807, 2.05) is 36.1 Å². The number of aryl methyl sites for hydroxylation is 1. The van der Waals surface area contributed by atoms with E-state index in [1.165, 1.54) is 12.0 Å². The average molecular weight is 464 g/mol. The van der Waals surface area contributed by atoms with Crippen molar-refractivity contribution in [2.75, 3.05) is 0 Å². The van der Waals surface area contributed by atoms with E-state index in [0.717, 1.165) is 48.7 Å². The van der Waals surface area contributed by atoms with Gasteiger partial charge in [-0.2, -0.15) is 0 Å². The number of hydrogen-bond acceptors (Lipinski definition) is 3. The third kappa shape index (κ3) is 4.10. The summed E-state index contributed by atoms with van der Waals surface area (Å²) in [6.45, 7) is 4.54. The molecule has 2 amide bonds. The van der Waals surface area contributed by atoms with Gasteiger partial charge in [-0.25, -0.2) is 0 Å². The van der Waals surface area contributed by atoms with Crippen molar-refractivity contribution in [3.05, 3.63) is 59.1 Å². The lowest BCUT2D eigenvalue weighted by Gasteiger charge is -2.47. The fourth-order valence-corrected chi connectivity index (χ4v) is 6.48. The number of aromatic nitrogens is 1. The minimum atomic E-state index is -0.925. The molecule has 1 aliphatic heterocycles. The van der Waals surface area contributed by atoms with E-state index in [-0.39, 0.29) is 23.9 Å². The molecule has 1 aliphatic carbocycles. The van der Waals surface area contributed by atoms with Crippen LogP contribution in [-0.2, 0) is 17.8 Å². The van der Waals surface area contributed by atoms with Crippen molar-refractivity contribution in [2.24, 2.45) is 0 Å². The summed E-state index contributed by atoms with van der Waals surface area (Å²) in [5.41, 5.74) is 2.08. The number of hydrogen-bond donors (Lipinski definition) is 1. The SMILES string of the molecule is C[C@H](CCc1ccccc1)N1C(=O)c2cc3sccc3n2C[C@@]1(C)C(=O)NC1CCCCC1. The number of carbonyl (C=O) groups is 2. The van der Waals surface area contributed by atoms with E-state index in [2.05, 4.69) is 40.4 Å². The third-order valence-corrected chi connectivity index (χ3v) is 8.38. The topological polar surface area (TPSA) is 54.3 Å². The second-order valence-electron chi connectivity index (χ2n) is 9.92. The highest BCUT2D eigenvalue weighted by molar-refractivity contribution is 7.17. The Labute approximate surface area is 199 Å². The monoisotopic (exact) mass is 463 g/mol. The maximum atomic E-state index is 13.9. The number of carbonyl (C=O) groups excluding carboxylic acids is 2. The summed E-state index contributed by atoms with van der Waals surface area (Å²) in [6, 6.07) is 14.6. The molecule has 0 spiro atoms. The van der Waals surface area contributed by atoms with Gasteiger partial charge in [-0.3, -0.25) is 9.59 Å². The number of nitrogens with one attached hydrogen (secondary N) is 1. The van der Waals surface area contributed by atoms with Crippen molar-refractivity contribution in [1.29, 1.82) is 0 Å². The second kappa shape index (κ2) is 8.98. The van der Waals surface area contributed by atoms with Crippen LogP contribution in [0.4, 0.5) is 0 Å². The highest BCUT2D eigenvalue weighted by Gasteiger charge is 2.49. The van der Waals surface area contributed by atoms with Crippen LogP contribution < -0.4 is 5.32 Å². The largest absolute Gasteiger partial charge is 0.351 e. The highest BCUT2D eigenvalue weighted by Crippen LogP contribution is 2.36. The Hall–Kier alpha value is -2.60. The molecule has 0 unspecified atom stereocenters. The van der Waals surface area contributed by atoms with Gasteiger partial charge in [0.05, 0.1) is 16.8 Å². The summed E-state index contributed by atoms with van der Waals surface area (Å²) in [5, 5.41) is 5.38. The Bertz CT molecular complexity index is 1140. The van der Waals surface area contributed by atoms with Gasteiger partial charge in [-0.05, 0) is 62.6 Å². The molecule has 2 atom stereocenters. The minimum Gasteiger partial charge on any atom is -0.351 e. The number of rotatable bonds is 6. The van der Waals surface area contributed by atoms with Crippen molar-refractivity contribution in [3.8, 4) is 0 Å². The molecule has 0 saturated heterocycles. The van der Waals surface area contributed by atoms with E-state index in [4.69, 9.17) is 0 Å². The summed E-state index contributed by atoms with van der Waals surface area (Å²) in [4.78, 5) is 29.6. The Morgan fingerprint density at radius 2 is 1.94 bits per heavy atom. The van der Waals surface area contributed by atoms with Crippen LogP contribution in [0.3, 0.4) is 0 Å². The second-order valence-corrected chi connectivity index (χ2v) is 10.9. The van der Waals surface area contributed by atoms with Crippen LogP contribution in [0.5, 0.6) is 0 Å². The minimum absolute atomic E-state index is 0.0166. The molecular weight excluding hydrogens is 430 g/mol. The number of nitrogens with zero attached hydrogens (tertiary/aromatic N) is 2. The summed E-state index contributed by atoms with van der Waals surface area (Å²) in [7, 11) is 0. The molecule has 1 saturated carbocycles. The summed E-state index contributed by atoms with van der Waals surface area (Å²) in [5.74, 6) is -0.0523. The van der Waals surface area contributed by atoms with Crippen molar-refractivity contribution >= 4 is 33.4 Å². The van der Waals surface area contributed by atoms with Crippen LogP contribution in [0.2, 0.25) is 0 Å². The normalized spacial score (nSPS) is 22.4. The first-order valence-electron chi connectivity index (χ1n) is 12.2. The fourth-order valence-electron chi connectivity index (χ4n) is 5.66. The third-order valence-electron chi connectivity index (χ3n) is 7.52. The molecule has 33 heavy (non-hydrogen) atoms. The molecule has 0 bridgehead atoms. The fraction of sp³-hybridized carbons (Fsp3) is 0.481. The zero-order valence-electron chi connectivity index (χ0n) is 19.5. The predicted molar refractivity (Wildman–Crippen MR) is 134 cm³/mol. The van der Waals surface area contributed by atoms with Crippen LogP contribution in [0.15, 0.2) is 47.8 Å². The molecule has 0 radical (unpaired) electrons. The molecule has 174 valence electrons. The van der Waals surface area contributed by atoms with Gasteiger partial charge in [0.1, 0.15) is 11.2 Å². The van der Waals surface area contributed by atoms with Gasteiger partial charge in [0, 0.05) is 12.1 Å². The molecule has 5 rings (SSSR count). The van der Waals surface area contributed by atoms with Crippen LogP contribution in [0.25, 0.3) is 10.2 Å². The highest BCUT2D eigenvalue weighted by atomic mass is 32.1. The number of benzene rings is 1. The zero-order chi connectivity index (χ0) is 23.0. The lowest BCUT2D eigenvalue weighted by Crippen LogP contribution is -2.67. The molecule has 1 N–H and O–H groups in total. The first-order chi connectivity index (χ1) is 16.0. The van der Waals surface area contributed by atoms with E-state index < -0.39 is 5.54 Å². The van der Waals surface area contributed by atoms with Crippen LogP contribution in [-0.4, -0.2) is 38.9 Å². The van der Waals surface area contributed by atoms with E-state index in [0.29, 0.717) is 12.2 Å². The van der Waals surface area contributed by atoms with Gasteiger partial charge < -0.3 is 14.8 Å². The molecule has 1 fully saturated rings. The standard InChI is InChI=1S/C27H33N3O2S/c1-19(13-14-20-9-5-3-6-10-20)30-25(31)23-17-24-22(15-16-33-24)29(23)18-27(30,2)26(32)28-21-11-7-4-8-12-21/h3,5-6,9-10,15-17,19,21H,4,7-8,11-14,18H2,1-2H3,(H,28,32)/t19-,27+/m1/s1. The van der Waals surface area contributed by atoms with Crippen molar-refractivity contribution < 1.29 is 9.59 Å². The molecule has 5 nitrogen and oxygen atoms in total. The quantitative estimate of drug-likeness (QED) is 0.533. The van der Waals surface area contributed by atoms with Gasteiger partial charge in [-0.15, -0.1) is 11.3 Å². The van der Waals surface area contributed by atoms with E-state index in [9.17, 15) is 9.59 Å². The van der Waals surface area contributed by atoms with Crippen molar-refractivity contribution in [1.82, 2.24) is 14.8 Å².